The summed E-state index contributed by atoms with van der Waals surface area (Å²) in [5.41, 5.74) is 1.47. The van der Waals surface area contributed by atoms with Gasteiger partial charge in [0.15, 0.2) is 10.1 Å². The molecule has 1 N–H and O–H groups in total. The average Bonchev–Trinajstić information content (AvgIpc) is 3.64. The number of rotatable bonds is 8. The number of hydrogen-bond acceptors (Lipinski definition) is 9. The van der Waals surface area contributed by atoms with Crippen LogP contribution in [-0.4, -0.2) is 34.1 Å². The standard InChI is InChI=1S/C25H18FN3O4S3/c1-33-17-5-2-4-15(12-17)20-19(21(30)18-6-3-11-34-18)22(31)23(32)29(20)24-27-28-25(36-24)35-13-14-7-9-16(26)10-8-14/h2-12,20,31H,13H2,1H3. The predicted molar refractivity (Wildman–Crippen MR) is 137 cm³/mol. The molecule has 0 saturated carbocycles. The molecule has 0 radical (unpaired) electrons. The molecule has 0 aliphatic carbocycles. The molecular formula is C25H18FN3O4S3. The number of anilines is 1. The highest BCUT2D eigenvalue weighted by molar-refractivity contribution is 8.00. The van der Waals surface area contributed by atoms with Crippen molar-refractivity contribution in [3.05, 3.63) is 99.2 Å². The van der Waals surface area contributed by atoms with Crippen LogP contribution in [0.1, 0.15) is 26.8 Å². The van der Waals surface area contributed by atoms with E-state index in [9.17, 15) is 19.1 Å². The number of carbonyl (C=O) groups is 2. The molecular weight excluding hydrogens is 521 g/mol. The number of nitrogens with zero attached hydrogens (tertiary/aromatic N) is 3. The first-order chi connectivity index (χ1) is 17.5. The number of methoxy groups -OCH3 is 1. The number of ether oxygens (including phenoxy) is 1. The van der Waals surface area contributed by atoms with Gasteiger partial charge in [-0.2, -0.15) is 0 Å². The van der Waals surface area contributed by atoms with Gasteiger partial charge in [-0.15, -0.1) is 21.5 Å². The normalized spacial score (nSPS) is 15.6. The minimum Gasteiger partial charge on any atom is -0.503 e. The van der Waals surface area contributed by atoms with Crippen molar-refractivity contribution in [1.29, 1.82) is 0 Å². The molecule has 2 aromatic carbocycles. The monoisotopic (exact) mass is 539 g/mol. The third-order valence-corrected chi connectivity index (χ3v) is 8.48. The molecule has 1 aliphatic rings. The SMILES string of the molecule is COc1cccc(C2C(C(=O)c3cccs3)=C(O)C(=O)N2c2nnc(SCc3ccc(F)cc3)s2)c1. The highest BCUT2D eigenvalue weighted by Gasteiger charge is 2.46. The molecule has 4 aromatic rings. The predicted octanol–water partition coefficient (Wildman–Crippen LogP) is 5.82. The molecule has 2 aromatic heterocycles. The maximum absolute atomic E-state index is 13.4. The van der Waals surface area contributed by atoms with Gasteiger partial charge in [0.05, 0.1) is 23.6 Å². The maximum atomic E-state index is 13.4. The summed E-state index contributed by atoms with van der Waals surface area (Å²) < 4.78 is 19.1. The van der Waals surface area contributed by atoms with Crippen LogP contribution in [0, 0.1) is 5.82 Å². The van der Waals surface area contributed by atoms with Crippen molar-refractivity contribution in [3.8, 4) is 5.75 Å². The number of aliphatic hydroxyl groups is 1. The summed E-state index contributed by atoms with van der Waals surface area (Å²) in [7, 11) is 1.52. The number of amides is 1. The van der Waals surface area contributed by atoms with Gasteiger partial charge in [0.2, 0.25) is 10.9 Å². The zero-order valence-corrected chi connectivity index (χ0v) is 21.2. The van der Waals surface area contributed by atoms with E-state index >= 15 is 0 Å². The van der Waals surface area contributed by atoms with E-state index in [1.165, 1.54) is 58.6 Å². The van der Waals surface area contributed by atoms with Gasteiger partial charge in [0.1, 0.15) is 11.6 Å². The Morgan fingerprint density at radius 1 is 1.17 bits per heavy atom. The third kappa shape index (κ3) is 4.64. The molecule has 11 heteroatoms. The summed E-state index contributed by atoms with van der Waals surface area (Å²) in [5, 5.41) is 21.3. The van der Waals surface area contributed by atoms with Crippen LogP contribution in [0.15, 0.2) is 81.7 Å². The van der Waals surface area contributed by atoms with Crippen molar-refractivity contribution in [2.75, 3.05) is 12.0 Å². The number of benzene rings is 2. The Labute approximate surface area is 217 Å². The lowest BCUT2D eigenvalue weighted by atomic mass is 9.95. The third-order valence-electron chi connectivity index (χ3n) is 5.48. The van der Waals surface area contributed by atoms with E-state index in [-0.39, 0.29) is 16.5 Å². The molecule has 5 rings (SSSR count). The zero-order valence-electron chi connectivity index (χ0n) is 18.8. The molecule has 0 spiro atoms. The van der Waals surface area contributed by atoms with Crippen molar-refractivity contribution < 1.29 is 23.8 Å². The Morgan fingerprint density at radius 3 is 2.69 bits per heavy atom. The van der Waals surface area contributed by atoms with Crippen molar-refractivity contribution in [2.45, 2.75) is 16.1 Å². The van der Waals surface area contributed by atoms with Crippen LogP contribution < -0.4 is 9.64 Å². The Morgan fingerprint density at radius 2 is 1.97 bits per heavy atom. The minimum absolute atomic E-state index is 0.0218. The van der Waals surface area contributed by atoms with Crippen LogP contribution in [-0.2, 0) is 10.5 Å². The number of thioether (sulfide) groups is 1. The van der Waals surface area contributed by atoms with E-state index in [2.05, 4.69) is 10.2 Å². The van der Waals surface area contributed by atoms with Gasteiger partial charge >= 0.3 is 0 Å². The number of ketones is 1. The quantitative estimate of drug-likeness (QED) is 0.171. The summed E-state index contributed by atoms with van der Waals surface area (Å²) in [6, 6.07) is 15.6. The van der Waals surface area contributed by atoms with Crippen LogP contribution in [0.3, 0.4) is 0 Å². The molecule has 182 valence electrons. The van der Waals surface area contributed by atoms with E-state index < -0.39 is 23.5 Å². The van der Waals surface area contributed by atoms with Crippen molar-refractivity contribution in [1.82, 2.24) is 10.2 Å². The lowest BCUT2D eigenvalue weighted by Crippen LogP contribution is -2.31. The molecule has 1 amide bonds. The molecule has 7 nitrogen and oxygen atoms in total. The molecule has 1 unspecified atom stereocenters. The number of hydrogen-bond donors (Lipinski definition) is 1. The van der Waals surface area contributed by atoms with Gasteiger partial charge in [0, 0.05) is 5.75 Å². The summed E-state index contributed by atoms with van der Waals surface area (Å²) in [6.07, 6.45) is 0. The molecule has 3 heterocycles. The number of Topliss-reactive ketones (excluding diaryl/α,β-unsaturated/α-hetero) is 1. The van der Waals surface area contributed by atoms with E-state index in [0.717, 1.165) is 5.56 Å². The molecule has 36 heavy (non-hydrogen) atoms. The first-order valence-electron chi connectivity index (χ1n) is 10.7. The highest BCUT2D eigenvalue weighted by Crippen LogP contribution is 2.44. The van der Waals surface area contributed by atoms with Gasteiger partial charge in [-0.05, 0) is 46.8 Å². The van der Waals surface area contributed by atoms with Gasteiger partial charge in [-0.3, -0.25) is 14.5 Å². The second-order valence-corrected chi connectivity index (χ2v) is 10.8. The molecule has 0 bridgehead atoms. The fraction of sp³-hybridized carbons (Fsp3) is 0.120. The summed E-state index contributed by atoms with van der Waals surface area (Å²) in [5.74, 6) is -0.999. The summed E-state index contributed by atoms with van der Waals surface area (Å²) in [6.45, 7) is 0. The Bertz CT molecular complexity index is 1450. The number of carbonyl (C=O) groups excluding carboxylic acids is 2. The van der Waals surface area contributed by atoms with Crippen LogP contribution in [0.2, 0.25) is 0 Å². The summed E-state index contributed by atoms with van der Waals surface area (Å²) in [4.78, 5) is 28.4. The lowest BCUT2D eigenvalue weighted by Gasteiger charge is -2.24. The molecule has 0 saturated heterocycles. The fourth-order valence-electron chi connectivity index (χ4n) is 3.79. The number of aliphatic hydroxyl groups excluding tert-OH is 1. The Hall–Kier alpha value is -3.54. The fourth-order valence-corrected chi connectivity index (χ4v) is 6.29. The second-order valence-electron chi connectivity index (χ2n) is 7.69. The summed E-state index contributed by atoms with van der Waals surface area (Å²) >= 11 is 3.80. The average molecular weight is 540 g/mol. The van der Waals surface area contributed by atoms with Gasteiger partial charge in [-0.25, -0.2) is 4.39 Å². The van der Waals surface area contributed by atoms with Crippen molar-refractivity contribution in [3.63, 3.8) is 0 Å². The number of thiophene rings is 1. The van der Waals surface area contributed by atoms with E-state index in [0.29, 0.717) is 26.3 Å². The van der Waals surface area contributed by atoms with Crippen LogP contribution >= 0.6 is 34.4 Å². The van der Waals surface area contributed by atoms with Gasteiger partial charge in [0.25, 0.3) is 5.91 Å². The molecule has 1 atom stereocenters. The Kier molecular flexibility index (Phi) is 6.86. The lowest BCUT2D eigenvalue weighted by molar-refractivity contribution is -0.117. The smallest absolute Gasteiger partial charge is 0.296 e. The van der Waals surface area contributed by atoms with Gasteiger partial charge in [-0.1, -0.05) is 53.4 Å². The van der Waals surface area contributed by atoms with Crippen LogP contribution in [0.25, 0.3) is 0 Å². The molecule has 1 aliphatic heterocycles. The van der Waals surface area contributed by atoms with E-state index in [4.69, 9.17) is 4.74 Å². The first-order valence-corrected chi connectivity index (χ1v) is 13.3. The molecule has 0 fully saturated rings. The number of aromatic nitrogens is 2. The van der Waals surface area contributed by atoms with Crippen molar-refractivity contribution >= 4 is 51.3 Å². The highest BCUT2D eigenvalue weighted by atomic mass is 32.2. The van der Waals surface area contributed by atoms with E-state index in [1.54, 1.807) is 53.9 Å². The van der Waals surface area contributed by atoms with Crippen molar-refractivity contribution in [2.24, 2.45) is 0 Å². The van der Waals surface area contributed by atoms with Gasteiger partial charge < -0.3 is 9.84 Å². The van der Waals surface area contributed by atoms with Crippen LogP contribution in [0.5, 0.6) is 5.75 Å². The maximum Gasteiger partial charge on any atom is 0.296 e. The van der Waals surface area contributed by atoms with Crippen LogP contribution in [0.4, 0.5) is 9.52 Å². The minimum atomic E-state index is -0.912. The Balaban J connectivity index is 1.49. The second kappa shape index (κ2) is 10.2. The largest absolute Gasteiger partial charge is 0.503 e. The first kappa shape index (κ1) is 24.2. The van der Waals surface area contributed by atoms with E-state index in [1.807, 2.05) is 0 Å². The topological polar surface area (TPSA) is 92.6 Å². The zero-order chi connectivity index (χ0) is 25.2. The number of halogens is 1.